The molecule has 0 aromatic carbocycles. The quantitative estimate of drug-likeness (QED) is 0.318. The standard InChI is InChI=1S/C24H28N6O7/c1-3-28-7-4-15(32)17-18(26-24(27-20(17)28)29-8-5-25-6-9-29)23(36)37-11-13-10-14-16(12(2)31)21(33)30(14)19(13)22(34)35/h4,7,12,14,16,25,31H,3,5-6,8-11H2,1-2H3,(H,34,35)/t12-,14?,16?/m1/s1. The summed E-state index contributed by atoms with van der Waals surface area (Å²) < 4.78 is 7.24. The zero-order chi connectivity index (χ0) is 26.4. The third-order valence-corrected chi connectivity index (χ3v) is 7.14. The van der Waals surface area contributed by atoms with Crippen LogP contribution in [0.2, 0.25) is 0 Å². The van der Waals surface area contributed by atoms with Crippen molar-refractivity contribution in [2.24, 2.45) is 5.92 Å². The zero-order valence-electron chi connectivity index (χ0n) is 20.5. The van der Waals surface area contributed by atoms with Gasteiger partial charge in [-0.05, 0) is 20.3 Å². The summed E-state index contributed by atoms with van der Waals surface area (Å²) >= 11 is 0. The molecule has 0 radical (unpaired) electrons. The third kappa shape index (κ3) is 4.13. The van der Waals surface area contributed by atoms with E-state index in [1.54, 1.807) is 10.8 Å². The van der Waals surface area contributed by atoms with Gasteiger partial charge in [-0.25, -0.2) is 14.6 Å². The number of piperazine rings is 1. The van der Waals surface area contributed by atoms with Gasteiger partial charge in [-0.2, -0.15) is 4.98 Å². The largest absolute Gasteiger partial charge is 0.477 e. The molecule has 3 aliphatic heterocycles. The van der Waals surface area contributed by atoms with Crippen molar-refractivity contribution < 1.29 is 29.3 Å². The maximum absolute atomic E-state index is 13.3. The topological polar surface area (TPSA) is 167 Å². The van der Waals surface area contributed by atoms with Crippen molar-refractivity contribution in [1.82, 2.24) is 24.8 Å². The third-order valence-electron chi connectivity index (χ3n) is 7.14. The summed E-state index contributed by atoms with van der Waals surface area (Å²) in [7, 11) is 0. The van der Waals surface area contributed by atoms with Crippen LogP contribution in [-0.4, -0.2) is 92.4 Å². The van der Waals surface area contributed by atoms with E-state index < -0.39 is 47.9 Å². The molecule has 3 aliphatic rings. The Morgan fingerprint density at radius 3 is 2.62 bits per heavy atom. The Morgan fingerprint density at radius 1 is 1.24 bits per heavy atom. The number of carboxylic acids is 1. The van der Waals surface area contributed by atoms with Crippen LogP contribution in [0.3, 0.4) is 0 Å². The molecular formula is C24H28N6O7. The second kappa shape index (κ2) is 9.56. The number of aryl methyl sites for hydroxylation is 1. The smallest absolute Gasteiger partial charge is 0.358 e. The maximum atomic E-state index is 13.3. The number of esters is 1. The first-order valence-electron chi connectivity index (χ1n) is 12.2. The van der Waals surface area contributed by atoms with E-state index in [2.05, 4.69) is 15.3 Å². The first-order valence-corrected chi connectivity index (χ1v) is 12.2. The molecule has 2 fully saturated rings. The summed E-state index contributed by atoms with van der Waals surface area (Å²) in [5.74, 6) is -3.08. The van der Waals surface area contributed by atoms with Crippen LogP contribution in [0.1, 0.15) is 30.8 Å². The monoisotopic (exact) mass is 512 g/mol. The van der Waals surface area contributed by atoms with E-state index in [-0.39, 0.29) is 28.8 Å². The molecule has 2 saturated heterocycles. The van der Waals surface area contributed by atoms with Crippen molar-refractivity contribution in [2.75, 3.05) is 37.7 Å². The SMILES string of the molecule is CCn1ccc(=O)c2c(C(=O)OCC3=C(C(=O)O)N4C(=O)C([C@@H](C)O)C4C3)nc(N3CCNCC3)nc21. The minimum atomic E-state index is -1.31. The molecule has 3 N–H and O–H groups in total. The van der Waals surface area contributed by atoms with Gasteiger partial charge in [-0.3, -0.25) is 9.59 Å². The molecule has 2 aromatic heterocycles. The molecule has 13 nitrogen and oxygen atoms in total. The highest BCUT2D eigenvalue weighted by molar-refractivity contribution is 6.02. The van der Waals surface area contributed by atoms with Crippen molar-refractivity contribution in [3.05, 3.63) is 39.5 Å². The number of hydrogen-bond donors (Lipinski definition) is 3. The highest BCUT2D eigenvalue weighted by Crippen LogP contribution is 2.43. The van der Waals surface area contributed by atoms with Crippen LogP contribution in [0, 0.1) is 5.92 Å². The van der Waals surface area contributed by atoms with E-state index in [1.807, 2.05) is 11.8 Å². The minimum Gasteiger partial charge on any atom is -0.477 e. The molecule has 0 bridgehead atoms. The summed E-state index contributed by atoms with van der Waals surface area (Å²) in [5, 5.41) is 22.9. The predicted octanol–water partition coefficient (Wildman–Crippen LogP) is -0.672. The number of nitrogens with zero attached hydrogens (tertiary/aromatic N) is 5. The molecule has 13 heteroatoms. The predicted molar refractivity (Wildman–Crippen MR) is 130 cm³/mol. The lowest BCUT2D eigenvalue weighted by molar-refractivity contribution is -0.161. The van der Waals surface area contributed by atoms with Crippen molar-refractivity contribution >= 4 is 34.8 Å². The van der Waals surface area contributed by atoms with Gasteiger partial charge in [0.2, 0.25) is 11.9 Å². The number of carbonyl (C=O) groups is 3. The van der Waals surface area contributed by atoms with Crippen molar-refractivity contribution in [2.45, 2.75) is 39.0 Å². The molecule has 0 aliphatic carbocycles. The summed E-state index contributed by atoms with van der Waals surface area (Å²) in [6.45, 7) is 6.16. The molecule has 5 heterocycles. The molecule has 3 atom stereocenters. The Kier molecular flexibility index (Phi) is 6.42. The van der Waals surface area contributed by atoms with Gasteiger partial charge in [-0.1, -0.05) is 0 Å². The van der Waals surface area contributed by atoms with Gasteiger partial charge >= 0.3 is 11.9 Å². The average Bonchev–Trinajstić information content (AvgIpc) is 3.21. The van der Waals surface area contributed by atoms with Crippen molar-refractivity contribution in [1.29, 1.82) is 0 Å². The van der Waals surface area contributed by atoms with Gasteiger partial charge in [0.25, 0.3) is 0 Å². The number of nitrogens with one attached hydrogen (secondary N) is 1. The fourth-order valence-electron chi connectivity index (χ4n) is 5.30. The number of carbonyl (C=O) groups excluding carboxylic acids is 2. The molecule has 2 aromatic rings. The van der Waals surface area contributed by atoms with E-state index in [0.717, 1.165) is 4.90 Å². The number of carboxylic acid groups (broad SMARTS) is 1. The van der Waals surface area contributed by atoms with Gasteiger partial charge in [0.15, 0.2) is 11.1 Å². The highest BCUT2D eigenvalue weighted by atomic mass is 16.5. The number of fused-ring (bicyclic) bond motifs is 2. The fraction of sp³-hybridized carbons (Fsp3) is 0.500. The minimum absolute atomic E-state index is 0.0280. The van der Waals surface area contributed by atoms with Crippen LogP contribution < -0.4 is 15.6 Å². The molecule has 0 spiro atoms. The van der Waals surface area contributed by atoms with Crippen LogP contribution in [-0.2, 0) is 20.9 Å². The molecule has 1 amide bonds. The number of aliphatic hydroxyl groups is 1. The van der Waals surface area contributed by atoms with E-state index in [9.17, 15) is 29.4 Å². The number of pyridine rings is 1. The lowest BCUT2D eigenvalue weighted by atomic mass is 9.83. The van der Waals surface area contributed by atoms with Gasteiger partial charge in [0.05, 0.1) is 23.4 Å². The summed E-state index contributed by atoms with van der Waals surface area (Å²) in [6.07, 6.45) is 0.841. The first-order chi connectivity index (χ1) is 17.7. The Morgan fingerprint density at radius 2 is 1.97 bits per heavy atom. The Hall–Kier alpha value is -3.84. The summed E-state index contributed by atoms with van der Waals surface area (Å²) in [5.41, 5.74) is -0.287. The van der Waals surface area contributed by atoms with Crippen LogP contribution >= 0.6 is 0 Å². The summed E-state index contributed by atoms with van der Waals surface area (Å²) in [6, 6.07) is 0.842. The molecule has 0 saturated carbocycles. The first kappa shape index (κ1) is 24.8. The number of β-lactam (4-membered cyclic amide) rings is 1. The zero-order valence-corrected chi connectivity index (χ0v) is 20.5. The van der Waals surface area contributed by atoms with E-state index >= 15 is 0 Å². The Labute approximate surface area is 211 Å². The van der Waals surface area contributed by atoms with E-state index in [1.165, 1.54) is 13.0 Å². The second-order valence-corrected chi connectivity index (χ2v) is 9.35. The number of rotatable bonds is 7. The van der Waals surface area contributed by atoms with Gasteiger partial charge in [0, 0.05) is 50.6 Å². The molecular weight excluding hydrogens is 484 g/mol. The molecule has 5 rings (SSSR count). The van der Waals surface area contributed by atoms with Gasteiger partial charge in [0.1, 0.15) is 18.0 Å². The van der Waals surface area contributed by atoms with Crippen LogP contribution in [0.4, 0.5) is 5.95 Å². The van der Waals surface area contributed by atoms with Crippen molar-refractivity contribution in [3.63, 3.8) is 0 Å². The normalized spacial score (nSPS) is 22.2. The number of aliphatic hydroxyl groups excluding tert-OH is 1. The van der Waals surface area contributed by atoms with Crippen molar-refractivity contribution in [3.8, 4) is 0 Å². The van der Waals surface area contributed by atoms with E-state index in [0.29, 0.717) is 44.3 Å². The van der Waals surface area contributed by atoms with Crippen LogP contribution in [0.5, 0.6) is 0 Å². The lowest BCUT2D eigenvalue weighted by Gasteiger charge is -2.44. The Balaban J connectivity index is 1.48. The molecule has 2 unspecified atom stereocenters. The highest BCUT2D eigenvalue weighted by Gasteiger charge is 2.56. The number of amides is 1. The maximum Gasteiger partial charge on any atom is 0.358 e. The molecule has 37 heavy (non-hydrogen) atoms. The van der Waals surface area contributed by atoms with Crippen LogP contribution in [0.25, 0.3) is 11.0 Å². The van der Waals surface area contributed by atoms with Crippen LogP contribution in [0.15, 0.2) is 28.3 Å². The number of ether oxygens (including phenoxy) is 1. The number of hydrogen-bond acceptors (Lipinski definition) is 10. The fourth-order valence-corrected chi connectivity index (χ4v) is 5.30. The number of aromatic nitrogens is 3. The molecule has 196 valence electrons. The number of anilines is 1. The van der Waals surface area contributed by atoms with E-state index in [4.69, 9.17) is 4.74 Å². The second-order valence-electron chi connectivity index (χ2n) is 9.35. The summed E-state index contributed by atoms with van der Waals surface area (Å²) in [4.78, 5) is 62.6. The van der Waals surface area contributed by atoms with Gasteiger partial charge < -0.3 is 34.6 Å². The average molecular weight is 513 g/mol. The van der Waals surface area contributed by atoms with Gasteiger partial charge in [-0.15, -0.1) is 0 Å². The number of aliphatic carboxylic acids is 1. The lowest BCUT2D eigenvalue weighted by Crippen LogP contribution is -2.61. The Bertz CT molecular complexity index is 1380.